The van der Waals surface area contributed by atoms with Crippen LogP contribution in [0.1, 0.15) is 6.92 Å². The highest BCUT2D eigenvalue weighted by molar-refractivity contribution is 6.81. The van der Waals surface area contributed by atoms with Gasteiger partial charge >= 0.3 is 0 Å². The van der Waals surface area contributed by atoms with E-state index in [1.54, 1.807) is 28.4 Å². The van der Waals surface area contributed by atoms with Crippen LogP contribution in [0.4, 0.5) is 0 Å². The molecule has 0 atom stereocenters. The minimum atomic E-state index is -1.54. The molecule has 2 aromatic rings. The third-order valence-electron chi connectivity index (χ3n) is 3.60. The monoisotopic (exact) mass is 347 g/mol. The van der Waals surface area contributed by atoms with E-state index in [1.165, 1.54) is 0 Å². The zero-order valence-electron chi connectivity index (χ0n) is 14.7. The van der Waals surface area contributed by atoms with Crippen LogP contribution < -0.4 is 29.3 Å². The minimum Gasteiger partial charge on any atom is -0.497 e. The third kappa shape index (κ3) is 3.83. The van der Waals surface area contributed by atoms with E-state index in [9.17, 15) is 0 Å². The summed E-state index contributed by atoms with van der Waals surface area (Å²) in [4.78, 5) is 0. The van der Waals surface area contributed by atoms with Crippen LogP contribution in [0, 0.1) is 0 Å². The van der Waals surface area contributed by atoms with Gasteiger partial charge in [-0.05, 0) is 19.1 Å². The predicted octanol–water partition coefficient (Wildman–Crippen LogP) is 1.86. The fourth-order valence-electron chi connectivity index (χ4n) is 2.42. The second-order valence-electron chi connectivity index (χ2n) is 4.89. The Morgan fingerprint density at radius 1 is 0.708 bits per heavy atom. The molecule has 0 aromatic heterocycles. The first-order chi connectivity index (χ1) is 11.7. The molecule has 0 aliphatic carbocycles. The molecule has 129 valence electrons. The lowest BCUT2D eigenvalue weighted by molar-refractivity contribution is 0.353. The van der Waals surface area contributed by atoms with Gasteiger partial charge in [-0.15, -0.1) is 0 Å². The molecular formula is C18H23O5Si. The molecule has 0 saturated heterocycles. The molecule has 0 bridgehead atoms. The number of hydrogen-bond acceptors (Lipinski definition) is 5. The van der Waals surface area contributed by atoms with Gasteiger partial charge in [-0.25, -0.2) is 0 Å². The summed E-state index contributed by atoms with van der Waals surface area (Å²) in [6.45, 7) is 2.58. The normalized spacial score (nSPS) is 10.6. The van der Waals surface area contributed by atoms with Gasteiger partial charge in [-0.1, -0.05) is 12.1 Å². The largest absolute Gasteiger partial charge is 0.497 e. The fraction of sp³-hybridized carbons (Fsp3) is 0.333. The first-order valence-corrected chi connectivity index (χ1v) is 9.03. The van der Waals surface area contributed by atoms with Crippen molar-refractivity contribution in [3.05, 3.63) is 36.4 Å². The maximum atomic E-state index is 6.11. The SMILES string of the molecule is CCO[Si](c1ccc(OC)cc1OC)c1ccc(OC)cc1OC. The average Bonchev–Trinajstić information content (AvgIpc) is 2.65. The van der Waals surface area contributed by atoms with Crippen molar-refractivity contribution in [3.8, 4) is 23.0 Å². The Bertz CT molecular complexity index is 619. The van der Waals surface area contributed by atoms with Crippen LogP contribution in [-0.2, 0) is 4.43 Å². The second-order valence-corrected chi connectivity index (χ2v) is 6.92. The molecule has 0 aliphatic heterocycles. The van der Waals surface area contributed by atoms with Crippen molar-refractivity contribution in [1.82, 2.24) is 0 Å². The van der Waals surface area contributed by atoms with Crippen LogP contribution in [0.2, 0.25) is 0 Å². The average molecular weight is 347 g/mol. The Morgan fingerprint density at radius 3 is 1.50 bits per heavy atom. The minimum absolute atomic E-state index is 0.596. The zero-order chi connectivity index (χ0) is 17.5. The highest BCUT2D eigenvalue weighted by Gasteiger charge is 2.27. The summed E-state index contributed by atoms with van der Waals surface area (Å²) in [5.74, 6) is 2.98. The van der Waals surface area contributed by atoms with E-state index in [2.05, 4.69) is 0 Å². The zero-order valence-corrected chi connectivity index (χ0v) is 15.7. The second kappa shape index (κ2) is 8.61. The van der Waals surface area contributed by atoms with Gasteiger partial charge < -0.3 is 23.4 Å². The topological polar surface area (TPSA) is 46.2 Å². The van der Waals surface area contributed by atoms with Gasteiger partial charge in [0.1, 0.15) is 23.0 Å². The van der Waals surface area contributed by atoms with Gasteiger partial charge in [0.25, 0.3) is 9.04 Å². The lowest BCUT2D eigenvalue weighted by Gasteiger charge is -2.20. The molecular weight excluding hydrogens is 324 g/mol. The molecule has 0 N–H and O–H groups in total. The molecule has 0 unspecified atom stereocenters. The lowest BCUT2D eigenvalue weighted by Crippen LogP contribution is -2.46. The van der Waals surface area contributed by atoms with E-state index in [4.69, 9.17) is 23.4 Å². The van der Waals surface area contributed by atoms with E-state index in [-0.39, 0.29) is 0 Å². The molecule has 0 saturated carbocycles. The van der Waals surface area contributed by atoms with Crippen molar-refractivity contribution in [1.29, 1.82) is 0 Å². The summed E-state index contributed by atoms with van der Waals surface area (Å²) in [7, 11) is 5.02. The number of methoxy groups -OCH3 is 4. The van der Waals surface area contributed by atoms with Gasteiger partial charge in [0.15, 0.2) is 0 Å². The van der Waals surface area contributed by atoms with Crippen LogP contribution in [0.15, 0.2) is 36.4 Å². The Labute approximate surface area is 144 Å². The van der Waals surface area contributed by atoms with Crippen molar-refractivity contribution >= 4 is 19.4 Å². The first-order valence-electron chi connectivity index (χ1n) is 7.63. The molecule has 0 heterocycles. The van der Waals surface area contributed by atoms with Gasteiger partial charge in [-0.3, -0.25) is 0 Å². The summed E-state index contributed by atoms with van der Waals surface area (Å²) in [6, 6.07) is 11.6. The standard InChI is InChI=1S/C18H23O5Si/c1-6-23-24(17-9-7-13(19-2)11-15(17)21-4)18-10-8-14(20-3)12-16(18)22-5/h7-12H,6H2,1-5H3. The van der Waals surface area contributed by atoms with Gasteiger partial charge in [0, 0.05) is 29.1 Å². The molecule has 0 aliphatic rings. The number of benzene rings is 2. The summed E-state index contributed by atoms with van der Waals surface area (Å²) in [6.07, 6.45) is 0. The number of rotatable bonds is 8. The summed E-state index contributed by atoms with van der Waals surface area (Å²) >= 11 is 0. The molecule has 0 fully saturated rings. The molecule has 2 aromatic carbocycles. The van der Waals surface area contributed by atoms with Crippen LogP contribution in [0.3, 0.4) is 0 Å². The predicted molar refractivity (Wildman–Crippen MR) is 95.7 cm³/mol. The van der Waals surface area contributed by atoms with Gasteiger partial charge in [0.05, 0.1) is 28.4 Å². The smallest absolute Gasteiger partial charge is 0.290 e. The highest BCUT2D eigenvalue weighted by atomic mass is 28.3. The van der Waals surface area contributed by atoms with Crippen molar-refractivity contribution in [2.24, 2.45) is 0 Å². The van der Waals surface area contributed by atoms with Crippen molar-refractivity contribution in [2.45, 2.75) is 6.92 Å². The Kier molecular flexibility index (Phi) is 6.51. The maximum absolute atomic E-state index is 6.11. The van der Waals surface area contributed by atoms with Crippen LogP contribution in [-0.4, -0.2) is 44.1 Å². The van der Waals surface area contributed by atoms with Crippen molar-refractivity contribution in [2.75, 3.05) is 35.0 Å². The maximum Gasteiger partial charge on any atom is 0.290 e. The quantitative estimate of drug-likeness (QED) is 0.682. The van der Waals surface area contributed by atoms with Gasteiger partial charge in [-0.2, -0.15) is 0 Å². The van der Waals surface area contributed by atoms with Crippen LogP contribution in [0.5, 0.6) is 23.0 Å². The lowest BCUT2D eigenvalue weighted by atomic mass is 10.3. The Balaban J connectivity index is 2.54. The van der Waals surface area contributed by atoms with E-state index >= 15 is 0 Å². The molecule has 2 rings (SSSR count). The van der Waals surface area contributed by atoms with E-state index < -0.39 is 9.04 Å². The third-order valence-corrected chi connectivity index (χ3v) is 5.98. The number of ether oxygens (including phenoxy) is 4. The molecule has 6 heteroatoms. The first kappa shape index (κ1) is 18.2. The summed E-state index contributed by atoms with van der Waals surface area (Å²) < 4.78 is 27.8. The Hall–Kier alpha value is -2.18. The molecule has 1 radical (unpaired) electrons. The molecule has 5 nitrogen and oxygen atoms in total. The van der Waals surface area contributed by atoms with Crippen LogP contribution in [0.25, 0.3) is 0 Å². The van der Waals surface area contributed by atoms with E-state index in [1.807, 2.05) is 43.3 Å². The van der Waals surface area contributed by atoms with E-state index in [0.717, 1.165) is 33.4 Å². The number of hydrogen-bond donors (Lipinski definition) is 0. The van der Waals surface area contributed by atoms with Crippen LogP contribution >= 0.6 is 0 Å². The summed E-state index contributed by atoms with van der Waals surface area (Å²) in [5.41, 5.74) is 0. The summed E-state index contributed by atoms with van der Waals surface area (Å²) in [5, 5.41) is 2.02. The van der Waals surface area contributed by atoms with Crippen molar-refractivity contribution < 1.29 is 23.4 Å². The molecule has 0 amide bonds. The molecule has 0 spiro atoms. The Morgan fingerprint density at radius 2 is 1.17 bits per heavy atom. The molecule has 24 heavy (non-hydrogen) atoms. The van der Waals surface area contributed by atoms with E-state index in [0.29, 0.717) is 6.61 Å². The highest BCUT2D eigenvalue weighted by Crippen LogP contribution is 2.21. The van der Waals surface area contributed by atoms with Crippen molar-refractivity contribution in [3.63, 3.8) is 0 Å². The fourth-order valence-corrected chi connectivity index (χ4v) is 4.57. The van der Waals surface area contributed by atoms with Gasteiger partial charge in [0.2, 0.25) is 0 Å².